The van der Waals surface area contributed by atoms with Crippen molar-refractivity contribution < 1.29 is 9.90 Å². The zero-order valence-corrected chi connectivity index (χ0v) is 9.11. The highest BCUT2D eigenvalue weighted by atomic mass is 16.3. The highest BCUT2D eigenvalue weighted by Crippen LogP contribution is 2.21. The number of amides is 1. The van der Waals surface area contributed by atoms with Gasteiger partial charge in [-0.2, -0.15) is 0 Å². The van der Waals surface area contributed by atoms with E-state index in [0.717, 1.165) is 45.3 Å². The summed E-state index contributed by atoms with van der Waals surface area (Å²) in [5.74, 6) is 0.785. The number of hydrogen-bond donors (Lipinski definition) is 2. The van der Waals surface area contributed by atoms with Gasteiger partial charge in [0.1, 0.15) is 0 Å². The molecule has 0 aromatic heterocycles. The molecule has 2 fully saturated rings. The van der Waals surface area contributed by atoms with Crippen LogP contribution >= 0.6 is 0 Å². The van der Waals surface area contributed by atoms with Crippen LogP contribution in [0.4, 0.5) is 0 Å². The second-order valence-corrected chi connectivity index (χ2v) is 4.60. The first kappa shape index (κ1) is 10.9. The number of hydrogen-bond acceptors (Lipinski definition) is 3. The average molecular weight is 212 g/mol. The summed E-state index contributed by atoms with van der Waals surface area (Å²) in [6.45, 7) is 2.94. The summed E-state index contributed by atoms with van der Waals surface area (Å²) in [5.41, 5.74) is 0. The van der Waals surface area contributed by atoms with E-state index in [-0.39, 0.29) is 18.6 Å². The fourth-order valence-corrected chi connectivity index (χ4v) is 2.57. The molecule has 4 heteroatoms. The average Bonchev–Trinajstić information content (AvgIpc) is 2.87. The maximum atomic E-state index is 12.0. The van der Waals surface area contributed by atoms with Crippen molar-refractivity contribution in [3.8, 4) is 0 Å². The van der Waals surface area contributed by atoms with Gasteiger partial charge in [-0.3, -0.25) is 4.79 Å². The molecule has 1 unspecified atom stereocenters. The molecule has 2 aliphatic rings. The van der Waals surface area contributed by atoms with Gasteiger partial charge in [0.15, 0.2) is 0 Å². The van der Waals surface area contributed by atoms with Crippen molar-refractivity contribution in [2.45, 2.75) is 31.7 Å². The van der Waals surface area contributed by atoms with Crippen LogP contribution in [0, 0.1) is 5.92 Å². The Kier molecular flexibility index (Phi) is 3.59. The first-order chi connectivity index (χ1) is 7.31. The Morgan fingerprint density at radius 3 is 3.00 bits per heavy atom. The monoisotopic (exact) mass is 212 g/mol. The lowest BCUT2D eigenvalue weighted by Gasteiger charge is -2.20. The van der Waals surface area contributed by atoms with Crippen molar-refractivity contribution in [1.29, 1.82) is 0 Å². The molecule has 2 aliphatic heterocycles. The zero-order valence-electron chi connectivity index (χ0n) is 9.11. The van der Waals surface area contributed by atoms with Crippen LogP contribution in [0.25, 0.3) is 0 Å². The normalized spacial score (nSPS) is 31.1. The van der Waals surface area contributed by atoms with Gasteiger partial charge in [-0.05, 0) is 38.1 Å². The number of nitrogens with one attached hydrogen (secondary N) is 1. The van der Waals surface area contributed by atoms with E-state index in [1.54, 1.807) is 0 Å². The molecule has 0 saturated carbocycles. The predicted octanol–water partition coefficient (Wildman–Crippen LogP) is -0.0307. The largest absolute Gasteiger partial charge is 0.396 e. The summed E-state index contributed by atoms with van der Waals surface area (Å²) < 4.78 is 0. The number of aliphatic hydroxyl groups is 1. The second-order valence-electron chi connectivity index (χ2n) is 4.60. The van der Waals surface area contributed by atoms with Gasteiger partial charge in [0.25, 0.3) is 0 Å². The van der Waals surface area contributed by atoms with Crippen molar-refractivity contribution >= 4 is 5.91 Å². The summed E-state index contributed by atoms with van der Waals surface area (Å²) in [4.78, 5) is 14.0. The molecule has 0 aliphatic carbocycles. The third-order valence-corrected chi connectivity index (χ3v) is 3.49. The lowest BCUT2D eigenvalue weighted by atomic mass is 10.1. The van der Waals surface area contributed by atoms with Crippen LogP contribution in [0.5, 0.6) is 0 Å². The van der Waals surface area contributed by atoms with Crippen molar-refractivity contribution in [2.24, 2.45) is 5.92 Å². The van der Waals surface area contributed by atoms with Crippen LogP contribution in [0.15, 0.2) is 0 Å². The summed E-state index contributed by atoms with van der Waals surface area (Å²) in [7, 11) is 0. The number of rotatable bonds is 3. The van der Waals surface area contributed by atoms with Gasteiger partial charge < -0.3 is 15.3 Å². The van der Waals surface area contributed by atoms with Gasteiger partial charge in [-0.25, -0.2) is 0 Å². The maximum absolute atomic E-state index is 12.0. The molecule has 2 rings (SSSR count). The minimum atomic E-state index is 0.0675. The fourth-order valence-electron chi connectivity index (χ4n) is 2.57. The van der Waals surface area contributed by atoms with E-state index >= 15 is 0 Å². The van der Waals surface area contributed by atoms with Crippen LogP contribution in [0.2, 0.25) is 0 Å². The highest BCUT2D eigenvalue weighted by Gasteiger charge is 2.31. The summed E-state index contributed by atoms with van der Waals surface area (Å²) >= 11 is 0. The molecule has 2 heterocycles. The molecule has 4 nitrogen and oxygen atoms in total. The Morgan fingerprint density at radius 2 is 2.33 bits per heavy atom. The Labute approximate surface area is 90.6 Å². The van der Waals surface area contributed by atoms with Gasteiger partial charge >= 0.3 is 0 Å². The first-order valence-electron chi connectivity index (χ1n) is 5.94. The molecule has 0 bridgehead atoms. The second kappa shape index (κ2) is 4.94. The van der Waals surface area contributed by atoms with Gasteiger partial charge in [0.05, 0.1) is 6.04 Å². The molecule has 0 spiro atoms. The molecular formula is C11H20N2O2. The highest BCUT2D eigenvalue weighted by molar-refractivity contribution is 5.82. The van der Waals surface area contributed by atoms with E-state index in [2.05, 4.69) is 5.32 Å². The van der Waals surface area contributed by atoms with Crippen LogP contribution in [0.3, 0.4) is 0 Å². The quantitative estimate of drug-likeness (QED) is 0.690. The topological polar surface area (TPSA) is 52.6 Å². The Morgan fingerprint density at radius 1 is 1.47 bits per heavy atom. The number of likely N-dealkylation sites (tertiary alicyclic amines) is 1. The van der Waals surface area contributed by atoms with Crippen molar-refractivity contribution in [1.82, 2.24) is 10.2 Å². The lowest BCUT2D eigenvalue weighted by molar-refractivity contribution is -0.132. The molecule has 2 atom stereocenters. The third-order valence-electron chi connectivity index (χ3n) is 3.49. The SMILES string of the molecule is O=C([C@H]1CCCN1)N1CCC(CCO)C1. The van der Waals surface area contributed by atoms with Crippen LogP contribution in [0.1, 0.15) is 25.7 Å². The molecule has 86 valence electrons. The van der Waals surface area contributed by atoms with Gasteiger partial charge in [-0.1, -0.05) is 0 Å². The van der Waals surface area contributed by atoms with E-state index in [9.17, 15) is 4.79 Å². The van der Waals surface area contributed by atoms with Crippen molar-refractivity contribution in [3.05, 3.63) is 0 Å². The van der Waals surface area contributed by atoms with E-state index in [1.165, 1.54) is 0 Å². The Balaban J connectivity index is 1.81. The molecule has 0 radical (unpaired) electrons. The number of carbonyl (C=O) groups excluding carboxylic acids is 1. The molecule has 2 N–H and O–H groups in total. The Hall–Kier alpha value is -0.610. The smallest absolute Gasteiger partial charge is 0.239 e. The van der Waals surface area contributed by atoms with E-state index in [0.29, 0.717) is 5.92 Å². The van der Waals surface area contributed by atoms with Crippen LogP contribution < -0.4 is 5.32 Å². The number of aliphatic hydroxyl groups excluding tert-OH is 1. The van der Waals surface area contributed by atoms with Gasteiger partial charge in [0.2, 0.25) is 5.91 Å². The molecule has 15 heavy (non-hydrogen) atoms. The minimum Gasteiger partial charge on any atom is -0.396 e. The van der Waals surface area contributed by atoms with E-state index in [4.69, 9.17) is 5.11 Å². The minimum absolute atomic E-state index is 0.0675. The van der Waals surface area contributed by atoms with Crippen molar-refractivity contribution in [3.63, 3.8) is 0 Å². The maximum Gasteiger partial charge on any atom is 0.239 e. The van der Waals surface area contributed by atoms with Gasteiger partial charge in [0, 0.05) is 19.7 Å². The van der Waals surface area contributed by atoms with Crippen LogP contribution in [-0.4, -0.2) is 48.2 Å². The summed E-state index contributed by atoms with van der Waals surface area (Å²) in [6, 6.07) is 0.0675. The summed E-state index contributed by atoms with van der Waals surface area (Å²) in [6.07, 6.45) is 3.99. The number of nitrogens with zero attached hydrogens (tertiary/aromatic N) is 1. The fraction of sp³-hybridized carbons (Fsp3) is 0.909. The van der Waals surface area contributed by atoms with Crippen molar-refractivity contribution in [2.75, 3.05) is 26.2 Å². The molecule has 0 aromatic carbocycles. The van der Waals surface area contributed by atoms with Gasteiger partial charge in [-0.15, -0.1) is 0 Å². The molecule has 2 saturated heterocycles. The third kappa shape index (κ3) is 2.49. The lowest BCUT2D eigenvalue weighted by Crippen LogP contribution is -2.42. The first-order valence-corrected chi connectivity index (χ1v) is 5.94. The number of carbonyl (C=O) groups is 1. The van der Waals surface area contributed by atoms with E-state index in [1.807, 2.05) is 4.90 Å². The predicted molar refractivity (Wildman–Crippen MR) is 57.4 cm³/mol. The van der Waals surface area contributed by atoms with Crippen LogP contribution in [-0.2, 0) is 4.79 Å². The van der Waals surface area contributed by atoms with E-state index < -0.39 is 0 Å². The standard InChI is InChI=1S/C11H20N2O2/c14-7-4-9-3-6-13(8-9)11(15)10-2-1-5-12-10/h9-10,12,14H,1-8H2/t9?,10-/m1/s1. The molecule has 0 aromatic rings. The molecular weight excluding hydrogens is 192 g/mol. The zero-order chi connectivity index (χ0) is 10.7. The summed E-state index contributed by atoms with van der Waals surface area (Å²) in [5, 5.41) is 12.1. The Bertz CT molecular complexity index is 227. The molecule has 1 amide bonds.